The van der Waals surface area contributed by atoms with Crippen molar-refractivity contribution >= 4 is 0 Å². The van der Waals surface area contributed by atoms with Crippen LogP contribution in [0.25, 0.3) is 0 Å². The monoisotopic (exact) mass is 246 g/mol. The van der Waals surface area contributed by atoms with Crippen molar-refractivity contribution < 1.29 is 5.11 Å². The minimum atomic E-state index is -0.524. The molecule has 1 unspecified atom stereocenters. The predicted molar refractivity (Wildman–Crippen MR) is 68.9 cm³/mol. The van der Waals surface area contributed by atoms with Gasteiger partial charge in [-0.2, -0.15) is 5.10 Å². The molecule has 0 amide bonds. The number of benzene rings is 1. The van der Waals surface area contributed by atoms with Gasteiger partial charge in [0.25, 0.3) is 0 Å². The fourth-order valence-electron chi connectivity index (χ4n) is 2.13. The highest BCUT2D eigenvalue weighted by Crippen LogP contribution is 2.22. The van der Waals surface area contributed by atoms with Crippen molar-refractivity contribution in [2.75, 3.05) is 13.2 Å². The summed E-state index contributed by atoms with van der Waals surface area (Å²) in [5.74, 6) is 0. The number of rotatable bonds is 6. The highest BCUT2D eigenvalue weighted by atomic mass is 16.3. The third kappa shape index (κ3) is 2.57. The van der Waals surface area contributed by atoms with Gasteiger partial charge in [-0.3, -0.25) is 4.68 Å². The minimum Gasteiger partial charge on any atom is -0.394 e. The number of aliphatic hydroxyl groups is 1. The molecule has 5 nitrogen and oxygen atoms in total. The lowest BCUT2D eigenvalue weighted by molar-refractivity contribution is 0.139. The number of likely N-dealkylation sites (N-methyl/N-ethyl adjacent to an activating group) is 1. The van der Waals surface area contributed by atoms with Crippen molar-refractivity contribution in [2.45, 2.75) is 19.0 Å². The van der Waals surface area contributed by atoms with Crippen molar-refractivity contribution in [3.05, 3.63) is 48.5 Å². The van der Waals surface area contributed by atoms with Gasteiger partial charge in [-0.1, -0.05) is 37.3 Å². The van der Waals surface area contributed by atoms with Crippen LogP contribution >= 0.6 is 0 Å². The summed E-state index contributed by atoms with van der Waals surface area (Å²) in [5.41, 5.74) is 0.522. The Morgan fingerprint density at radius 2 is 2.11 bits per heavy atom. The van der Waals surface area contributed by atoms with E-state index in [0.717, 1.165) is 12.1 Å². The molecule has 0 saturated heterocycles. The molecule has 5 heteroatoms. The third-order valence-corrected chi connectivity index (χ3v) is 3.01. The van der Waals surface area contributed by atoms with Crippen molar-refractivity contribution in [1.29, 1.82) is 0 Å². The maximum atomic E-state index is 9.84. The number of hydrogen-bond acceptors (Lipinski definition) is 4. The summed E-state index contributed by atoms with van der Waals surface area (Å²) in [6.45, 7) is 3.34. The molecule has 1 atom stereocenters. The van der Waals surface area contributed by atoms with Crippen LogP contribution in [0.15, 0.2) is 43.0 Å². The van der Waals surface area contributed by atoms with Gasteiger partial charge in [-0.15, -0.1) is 0 Å². The second kappa shape index (κ2) is 5.75. The Kier molecular flexibility index (Phi) is 4.07. The zero-order valence-corrected chi connectivity index (χ0v) is 10.5. The zero-order chi connectivity index (χ0) is 12.8. The lowest BCUT2D eigenvalue weighted by atomic mass is 9.90. The summed E-state index contributed by atoms with van der Waals surface area (Å²) in [5, 5.41) is 17.3. The Labute approximate surface area is 106 Å². The van der Waals surface area contributed by atoms with E-state index < -0.39 is 5.54 Å². The Balaban J connectivity index is 2.33. The van der Waals surface area contributed by atoms with Crippen LogP contribution in [-0.2, 0) is 12.1 Å². The fraction of sp³-hybridized carbons (Fsp3) is 0.385. The first-order valence-electron chi connectivity index (χ1n) is 6.04. The summed E-state index contributed by atoms with van der Waals surface area (Å²) >= 11 is 0. The van der Waals surface area contributed by atoms with Crippen LogP contribution in [0.5, 0.6) is 0 Å². The van der Waals surface area contributed by atoms with E-state index in [-0.39, 0.29) is 6.61 Å². The number of nitrogens with one attached hydrogen (secondary N) is 1. The zero-order valence-electron chi connectivity index (χ0n) is 10.5. The summed E-state index contributed by atoms with van der Waals surface area (Å²) in [6, 6.07) is 9.93. The van der Waals surface area contributed by atoms with Crippen LogP contribution < -0.4 is 5.32 Å². The Hall–Kier alpha value is -1.72. The molecule has 18 heavy (non-hydrogen) atoms. The first-order chi connectivity index (χ1) is 8.80. The molecule has 0 aliphatic heterocycles. The SMILES string of the molecule is CCNC(CO)(Cn1cncn1)c1ccccc1. The Morgan fingerprint density at radius 1 is 1.33 bits per heavy atom. The molecule has 0 spiro atoms. The van der Waals surface area contributed by atoms with E-state index in [4.69, 9.17) is 0 Å². The molecular formula is C13H18N4O. The summed E-state index contributed by atoms with van der Waals surface area (Å²) in [7, 11) is 0. The van der Waals surface area contributed by atoms with Crippen LogP contribution in [0.3, 0.4) is 0 Å². The Morgan fingerprint density at radius 3 is 2.67 bits per heavy atom. The van der Waals surface area contributed by atoms with Crippen LogP contribution in [0, 0.1) is 0 Å². The van der Waals surface area contributed by atoms with Crippen LogP contribution in [0.1, 0.15) is 12.5 Å². The van der Waals surface area contributed by atoms with E-state index in [1.807, 2.05) is 37.3 Å². The minimum absolute atomic E-state index is 0.00468. The highest BCUT2D eigenvalue weighted by molar-refractivity contribution is 5.24. The lowest BCUT2D eigenvalue weighted by Gasteiger charge is -2.33. The number of nitrogens with zero attached hydrogens (tertiary/aromatic N) is 3. The van der Waals surface area contributed by atoms with Gasteiger partial charge in [-0.25, -0.2) is 4.98 Å². The average Bonchev–Trinajstić information content (AvgIpc) is 2.92. The van der Waals surface area contributed by atoms with Gasteiger partial charge >= 0.3 is 0 Å². The van der Waals surface area contributed by atoms with Gasteiger partial charge in [0.2, 0.25) is 0 Å². The van der Waals surface area contributed by atoms with Crippen molar-refractivity contribution in [3.63, 3.8) is 0 Å². The van der Waals surface area contributed by atoms with Gasteiger partial charge in [0.05, 0.1) is 18.7 Å². The summed E-state index contributed by atoms with van der Waals surface area (Å²) in [4.78, 5) is 3.94. The second-order valence-corrected chi connectivity index (χ2v) is 4.23. The Bertz CT molecular complexity index is 457. The molecule has 1 aromatic carbocycles. The van der Waals surface area contributed by atoms with Crippen LogP contribution in [0.4, 0.5) is 0 Å². The number of aromatic nitrogens is 3. The molecule has 96 valence electrons. The largest absolute Gasteiger partial charge is 0.394 e. The third-order valence-electron chi connectivity index (χ3n) is 3.01. The summed E-state index contributed by atoms with van der Waals surface area (Å²) in [6.07, 6.45) is 3.16. The molecule has 0 aliphatic carbocycles. The van der Waals surface area contributed by atoms with Crippen molar-refractivity contribution in [1.82, 2.24) is 20.1 Å². The maximum Gasteiger partial charge on any atom is 0.137 e. The van der Waals surface area contributed by atoms with E-state index in [1.54, 1.807) is 11.0 Å². The molecule has 2 N–H and O–H groups in total. The molecule has 2 rings (SSSR count). The summed E-state index contributed by atoms with van der Waals surface area (Å²) < 4.78 is 1.73. The molecular weight excluding hydrogens is 228 g/mol. The highest BCUT2D eigenvalue weighted by Gasteiger charge is 2.31. The van der Waals surface area contributed by atoms with Gasteiger partial charge < -0.3 is 10.4 Å². The molecule has 1 aromatic heterocycles. The first kappa shape index (κ1) is 12.7. The molecule has 2 aromatic rings. The van der Waals surface area contributed by atoms with Gasteiger partial charge in [0.1, 0.15) is 12.7 Å². The molecule has 0 aliphatic rings. The van der Waals surface area contributed by atoms with Crippen molar-refractivity contribution in [3.8, 4) is 0 Å². The molecule has 0 fully saturated rings. The van der Waals surface area contributed by atoms with E-state index in [9.17, 15) is 5.11 Å². The van der Waals surface area contributed by atoms with Crippen molar-refractivity contribution in [2.24, 2.45) is 0 Å². The molecule has 0 radical (unpaired) electrons. The quantitative estimate of drug-likeness (QED) is 0.790. The lowest BCUT2D eigenvalue weighted by Crippen LogP contribution is -2.49. The fourth-order valence-corrected chi connectivity index (χ4v) is 2.13. The van der Waals surface area contributed by atoms with E-state index in [1.165, 1.54) is 6.33 Å². The van der Waals surface area contributed by atoms with E-state index >= 15 is 0 Å². The van der Waals surface area contributed by atoms with Gasteiger partial charge in [0, 0.05) is 0 Å². The van der Waals surface area contributed by atoms with Gasteiger partial charge in [-0.05, 0) is 12.1 Å². The maximum absolute atomic E-state index is 9.84. The van der Waals surface area contributed by atoms with E-state index in [0.29, 0.717) is 6.54 Å². The topological polar surface area (TPSA) is 63.0 Å². The average molecular weight is 246 g/mol. The number of aliphatic hydroxyl groups excluding tert-OH is 1. The van der Waals surface area contributed by atoms with Crippen LogP contribution in [0.2, 0.25) is 0 Å². The predicted octanol–water partition coefficient (Wildman–Crippen LogP) is 0.775. The molecule has 1 heterocycles. The number of hydrogen-bond donors (Lipinski definition) is 2. The standard InChI is InChI=1S/C13H18N4O/c1-2-15-13(9-18,8-17-11-14-10-16-17)12-6-4-3-5-7-12/h3-7,10-11,15,18H,2,8-9H2,1H3. The normalized spacial score (nSPS) is 14.3. The van der Waals surface area contributed by atoms with Crippen LogP contribution in [-0.4, -0.2) is 33.0 Å². The molecule has 0 saturated carbocycles. The smallest absolute Gasteiger partial charge is 0.137 e. The second-order valence-electron chi connectivity index (χ2n) is 4.23. The first-order valence-corrected chi connectivity index (χ1v) is 6.04. The van der Waals surface area contributed by atoms with Gasteiger partial charge in [0.15, 0.2) is 0 Å². The van der Waals surface area contributed by atoms with E-state index in [2.05, 4.69) is 15.4 Å². The molecule has 0 bridgehead atoms.